The van der Waals surface area contributed by atoms with Gasteiger partial charge < -0.3 is 20.1 Å². The van der Waals surface area contributed by atoms with Crippen molar-refractivity contribution in [3.05, 3.63) is 0 Å². The number of rotatable bonds is 2. The molecule has 6 nitrogen and oxygen atoms in total. The number of nitrogens with one attached hydrogen (secondary N) is 2. The summed E-state index contributed by atoms with van der Waals surface area (Å²) in [6, 6.07) is -0.0143. The topological polar surface area (TPSA) is 76.7 Å². The van der Waals surface area contributed by atoms with Crippen molar-refractivity contribution in [1.29, 1.82) is 0 Å². The Morgan fingerprint density at radius 3 is 1.83 bits per heavy atom. The van der Waals surface area contributed by atoms with E-state index < -0.39 is 23.4 Å². The Labute approximate surface area is 139 Å². The van der Waals surface area contributed by atoms with Crippen molar-refractivity contribution < 1.29 is 19.1 Å². The van der Waals surface area contributed by atoms with E-state index in [0.29, 0.717) is 12.3 Å². The molecule has 0 spiro atoms. The van der Waals surface area contributed by atoms with E-state index in [1.807, 2.05) is 41.5 Å². The number of hydrogen-bond donors (Lipinski definition) is 2. The molecule has 0 bridgehead atoms. The van der Waals surface area contributed by atoms with Crippen LogP contribution in [0.5, 0.6) is 0 Å². The lowest BCUT2D eigenvalue weighted by Crippen LogP contribution is -2.50. The van der Waals surface area contributed by atoms with Crippen molar-refractivity contribution in [2.75, 3.05) is 0 Å². The van der Waals surface area contributed by atoms with E-state index in [1.54, 1.807) is 0 Å². The highest BCUT2D eigenvalue weighted by atomic mass is 16.6. The fraction of sp³-hybridized carbons (Fsp3) is 0.882. The normalized spacial score (nSPS) is 25.4. The zero-order valence-corrected chi connectivity index (χ0v) is 15.5. The van der Waals surface area contributed by atoms with Crippen LogP contribution in [0, 0.1) is 5.92 Å². The van der Waals surface area contributed by atoms with Gasteiger partial charge in [-0.25, -0.2) is 9.59 Å². The van der Waals surface area contributed by atoms with Crippen LogP contribution in [0.3, 0.4) is 0 Å². The summed E-state index contributed by atoms with van der Waals surface area (Å²) in [6.07, 6.45) is 1.67. The Hall–Kier alpha value is -1.46. The van der Waals surface area contributed by atoms with E-state index in [9.17, 15) is 9.59 Å². The molecule has 2 amide bonds. The Morgan fingerprint density at radius 1 is 0.870 bits per heavy atom. The van der Waals surface area contributed by atoms with Crippen LogP contribution in [-0.2, 0) is 9.47 Å². The first-order chi connectivity index (χ1) is 10.4. The monoisotopic (exact) mass is 328 g/mol. The number of carbonyl (C=O) groups is 2. The van der Waals surface area contributed by atoms with Crippen LogP contribution >= 0.6 is 0 Å². The molecule has 0 aromatic rings. The second kappa shape index (κ2) is 7.41. The largest absolute Gasteiger partial charge is 0.444 e. The lowest BCUT2D eigenvalue weighted by Gasteiger charge is -2.35. The smallest absolute Gasteiger partial charge is 0.407 e. The highest BCUT2D eigenvalue weighted by Crippen LogP contribution is 2.25. The number of ether oxygens (including phenoxy) is 2. The Balaban J connectivity index is 2.52. The minimum absolute atomic E-state index is 0.000914. The summed E-state index contributed by atoms with van der Waals surface area (Å²) in [6.45, 7) is 13.1. The van der Waals surface area contributed by atoms with Crippen molar-refractivity contribution in [2.24, 2.45) is 5.92 Å². The third-order valence-electron chi connectivity index (χ3n) is 3.62. The van der Waals surface area contributed by atoms with Gasteiger partial charge in [-0.3, -0.25) is 0 Å². The highest BCUT2D eigenvalue weighted by Gasteiger charge is 2.31. The average molecular weight is 328 g/mol. The molecule has 0 aromatic heterocycles. The van der Waals surface area contributed by atoms with Gasteiger partial charge in [-0.05, 0) is 66.7 Å². The van der Waals surface area contributed by atoms with Gasteiger partial charge in [0.1, 0.15) is 11.2 Å². The van der Waals surface area contributed by atoms with Crippen molar-refractivity contribution in [2.45, 2.75) is 91.0 Å². The number of carbonyl (C=O) groups excluding carboxylic acids is 2. The summed E-state index contributed by atoms with van der Waals surface area (Å²) >= 11 is 0. The van der Waals surface area contributed by atoms with Crippen molar-refractivity contribution in [3.63, 3.8) is 0 Å². The van der Waals surface area contributed by atoms with Crippen LogP contribution in [0.1, 0.15) is 67.7 Å². The summed E-state index contributed by atoms with van der Waals surface area (Å²) in [7, 11) is 0. The van der Waals surface area contributed by atoms with Gasteiger partial charge >= 0.3 is 12.2 Å². The summed E-state index contributed by atoms with van der Waals surface area (Å²) in [5.41, 5.74) is -1.03. The maximum absolute atomic E-state index is 11.9. The molecular formula is C17H32N2O4. The van der Waals surface area contributed by atoms with Gasteiger partial charge in [-0.15, -0.1) is 0 Å². The molecule has 1 aliphatic carbocycles. The van der Waals surface area contributed by atoms with Gasteiger partial charge in [0.15, 0.2) is 0 Å². The minimum atomic E-state index is -0.518. The molecule has 134 valence electrons. The first kappa shape index (κ1) is 19.6. The van der Waals surface area contributed by atoms with Gasteiger partial charge in [0.2, 0.25) is 0 Å². The SMILES string of the molecule is CC1CCC(NC(=O)OC(C)(C)C)CC1NC(=O)OC(C)(C)C. The van der Waals surface area contributed by atoms with Gasteiger partial charge in [-0.1, -0.05) is 6.92 Å². The zero-order chi connectivity index (χ0) is 17.8. The third-order valence-corrected chi connectivity index (χ3v) is 3.62. The van der Waals surface area contributed by atoms with Crippen LogP contribution < -0.4 is 10.6 Å². The molecule has 0 saturated heterocycles. The van der Waals surface area contributed by atoms with E-state index in [0.717, 1.165) is 12.8 Å². The standard InChI is InChI=1S/C17H32N2O4/c1-11-8-9-12(18-14(20)22-16(2,3)4)10-13(11)19-15(21)23-17(5,6)7/h11-13H,8-10H2,1-7H3,(H,18,20)(H,19,21). The molecule has 1 fully saturated rings. The van der Waals surface area contributed by atoms with Crippen molar-refractivity contribution >= 4 is 12.2 Å². The fourth-order valence-electron chi connectivity index (χ4n) is 2.59. The Bertz CT molecular complexity index is 423. The molecular weight excluding hydrogens is 296 g/mol. The highest BCUT2D eigenvalue weighted by molar-refractivity contribution is 5.69. The minimum Gasteiger partial charge on any atom is -0.444 e. The van der Waals surface area contributed by atoms with Crippen LogP contribution in [0.2, 0.25) is 0 Å². The quantitative estimate of drug-likeness (QED) is 0.812. The van der Waals surface area contributed by atoms with Crippen LogP contribution in [0.4, 0.5) is 9.59 Å². The molecule has 2 N–H and O–H groups in total. The van der Waals surface area contributed by atoms with E-state index in [4.69, 9.17) is 9.47 Å². The molecule has 0 aromatic carbocycles. The molecule has 0 radical (unpaired) electrons. The fourth-order valence-corrected chi connectivity index (χ4v) is 2.59. The second-order valence-electron chi connectivity index (χ2n) is 8.39. The predicted octanol–water partition coefficient (Wildman–Crippen LogP) is 3.59. The van der Waals surface area contributed by atoms with Crippen LogP contribution in [-0.4, -0.2) is 35.5 Å². The van der Waals surface area contributed by atoms with Gasteiger partial charge in [-0.2, -0.15) is 0 Å². The van der Waals surface area contributed by atoms with Crippen LogP contribution in [0.15, 0.2) is 0 Å². The molecule has 3 atom stereocenters. The van der Waals surface area contributed by atoms with E-state index >= 15 is 0 Å². The van der Waals surface area contributed by atoms with Gasteiger partial charge in [0, 0.05) is 12.1 Å². The lowest BCUT2D eigenvalue weighted by molar-refractivity contribution is 0.0436. The van der Waals surface area contributed by atoms with Gasteiger partial charge in [0.05, 0.1) is 0 Å². The number of hydrogen-bond acceptors (Lipinski definition) is 4. The number of amides is 2. The Morgan fingerprint density at radius 2 is 1.35 bits per heavy atom. The van der Waals surface area contributed by atoms with E-state index in [-0.39, 0.29) is 12.1 Å². The molecule has 3 unspecified atom stereocenters. The third kappa shape index (κ3) is 8.09. The predicted molar refractivity (Wildman–Crippen MR) is 89.3 cm³/mol. The number of alkyl carbamates (subject to hydrolysis) is 2. The van der Waals surface area contributed by atoms with E-state index in [2.05, 4.69) is 17.6 Å². The van der Waals surface area contributed by atoms with Crippen LogP contribution in [0.25, 0.3) is 0 Å². The molecule has 0 aliphatic heterocycles. The van der Waals surface area contributed by atoms with Gasteiger partial charge in [0.25, 0.3) is 0 Å². The Kier molecular flexibility index (Phi) is 6.31. The maximum Gasteiger partial charge on any atom is 0.407 e. The summed E-state index contributed by atoms with van der Waals surface area (Å²) in [5.74, 6) is 0.346. The van der Waals surface area contributed by atoms with Crippen molar-refractivity contribution in [1.82, 2.24) is 10.6 Å². The first-order valence-corrected chi connectivity index (χ1v) is 8.35. The lowest BCUT2D eigenvalue weighted by atomic mass is 9.83. The van der Waals surface area contributed by atoms with Crippen molar-refractivity contribution in [3.8, 4) is 0 Å². The average Bonchev–Trinajstić information content (AvgIpc) is 2.28. The first-order valence-electron chi connectivity index (χ1n) is 8.35. The molecule has 1 aliphatic rings. The molecule has 6 heteroatoms. The summed E-state index contributed by atoms with van der Waals surface area (Å²) < 4.78 is 10.6. The van der Waals surface area contributed by atoms with E-state index in [1.165, 1.54) is 0 Å². The molecule has 1 saturated carbocycles. The maximum atomic E-state index is 11.9. The molecule has 0 heterocycles. The molecule has 23 heavy (non-hydrogen) atoms. The summed E-state index contributed by atoms with van der Waals surface area (Å²) in [5, 5.41) is 5.82. The summed E-state index contributed by atoms with van der Waals surface area (Å²) in [4.78, 5) is 23.8. The molecule has 1 rings (SSSR count). The zero-order valence-electron chi connectivity index (χ0n) is 15.5. The second-order valence-corrected chi connectivity index (χ2v) is 8.39.